The summed E-state index contributed by atoms with van der Waals surface area (Å²) in [5.41, 5.74) is 2.94. The molecule has 0 bridgehead atoms. The summed E-state index contributed by atoms with van der Waals surface area (Å²) in [5.74, 6) is -1.51. The predicted octanol–water partition coefficient (Wildman–Crippen LogP) is -0.173. The lowest BCUT2D eigenvalue weighted by molar-refractivity contribution is -0.139. The number of rotatable bonds is 4. The lowest BCUT2D eigenvalue weighted by Crippen LogP contribution is -2.41. The fraction of sp³-hybridized carbons (Fsp3) is 0.385. The number of carbonyl (C=O) groups is 2. The molecule has 2 rings (SSSR count). The Labute approximate surface area is 116 Å². The van der Waals surface area contributed by atoms with Crippen molar-refractivity contribution in [3.63, 3.8) is 0 Å². The van der Waals surface area contributed by atoms with Crippen LogP contribution in [0.5, 0.6) is 0 Å². The van der Waals surface area contributed by atoms with Gasteiger partial charge in [-0.2, -0.15) is 5.10 Å². The van der Waals surface area contributed by atoms with E-state index in [1.165, 1.54) is 6.21 Å². The molecule has 1 aliphatic heterocycles. The number of hydrogen-bond donors (Lipinski definition) is 2. The van der Waals surface area contributed by atoms with E-state index in [1.807, 2.05) is 0 Å². The van der Waals surface area contributed by atoms with Gasteiger partial charge in [-0.05, 0) is 30.5 Å². The third-order valence-corrected chi connectivity index (χ3v) is 2.81. The van der Waals surface area contributed by atoms with Gasteiger partial charge in [0.15, 0.2) is 0 Å². The van der Waals surface area contributed by atoms with Crippen molar-refractivity contribution in [1.29, 1.82) is 0 Å². The smallest absolute Gasteiger partial charge is 0.329 e. The summed E-state index contributed by atoms with van der Waals surface area (Å²) in [6.45, 7) is 1.06. The average Bonchev–Trinajstić information content (AvgIpc) is 2.99. The van der Waals surface area contributed by atoms with Crippen molar-refractivity contribution in [2.24, 2.45) is 5.10 Å². The molecule has 0 radical (unpaired) electrons. The molecular weight excluding hydrogens is 260 g/mol. The summed E-state index contributed by atoms with van der Waals surface area (Å²) >= 11 is 0. The molecule has 106 valence electrons. The van der Waals surface area contributed by atoms with E-state index in [-0.39, 0.29) is 6.10 Å². The van der Waals surface area contributed by atoms with Crippen LogP contribution < -0.4 is 10.7 Å². The molecule has 0 saturated carbocycles. The van der Waals surface area contributed by atoms with Crippen molar-refractivity contribution < 1.29 is 14.3 Å². The van der Waals surface area contributed by atoms with Gasteiger partial charge >= 0.3 is 11.8 Å². The number of nitrogens with one attached hydrogen (secondary N) is 2. The molecule has 1 aromatic rings. The SMILES string of the molecule is O=C(NCC1CCCO1)C(=O)NN=Cc1ccncc1. The predicted molar refractivity (Wildman–Crippen MR) is 72.0 cm³/mol. The van der Waals surface area contributed by atoms with Crippen LogP contribution in [0.4, 0.5) is 0 Å². The second-order valence-corrected chi connectivity index (χ2v) is 4.32. The van der Waals surface area contributed by atoms with Gasteiger partial charge in [0.25, 0.3) is 0 Å². The third-order valence-electron chi connectivity index (χ3n) is 2.81. The van der Waals surface area contributed by atoms with E-state index in [2.05, 4.69) is 20.8 Å². The number of aromatic nitrogens is 1. The Balaban J connectivity index is 1.71. The zero-order valence-electron chi connectivity index (χ0n) is 10.9. The monoisotopic (exact) mass is 276 g/mol. The maximum Gasteiger partial charge on any atom is 0.329 e. The van der Waals surface area contributed by atoms with Crippen LogP contribution in [0.1, 0.15) is 18.4 Å². The molecule has 0 aliphatic carbocycles. The number of hydrogen-bond acceptors (Lipinski definition) is 5. The van der Waals surface area contributed by atoms with Gasteiger partial charge in [0.1, 0.15) is 0 Å². The highest BCUT2D eigenvalue weighted by Crippen LogP contribution is 2.10. The first-order valence-corrected chi connectivity index (χ1v) is 6.38. The topological polar surface area (TPSA) is 92.7 Å². The molecule has 1 saturated heterocycles. The number of hydrazone groups is 1. The largest absolute Gasteiger partial charge is 0.376 e. The standard InChI is InChI=1S/C13H16N4O3/c18-12(15-9-11-2-1-7-20-11)13(19)17-16-8-10-3-5-14-6-4-10/h3-6,8,11H,1-2,7,9H2,(H,15,18)(H,17,19). The number of pyridine rings is 1. The highest BCUT2D eigenvalue weighted by molar-refractivity contribution is 6.35. The Morgan fingerprint density at radius 1 is 1.40 bits per heavy atom. The van der Waals surface area contributed by atoms with Crippen LogP contribution in [0.25, 0.3) is 0 Å². The molecule has 1 fully saturated rings. The van der Waals surface area contributed by atoms with Crippen LogP contribution in [-0.4, -0.2) is 42.3 Å². The molecular formula is C13H16N4O3. The molecule has 2 N–H and O–H groups in total. The van der Waals surface area contributed by atoms with E-state index in [4.69, 9.17) is 4.74 Å². The maximum atomic E-state index is 11.5. The Kier molecular flexibility index (Phi) is 5.19. The first-order chi connectivity index (χ1) is 9.75. The third kappa shape index (κ3) is 4.43. The summed E-state index contributed by atoms with van der Waals surface area (Å²) in [6.07, 6.45) is 6.56. The van der Waals surface area contributed by atoms with Gasteiger partial charge in [-0.1, -0.05) is 0 Å². The number of nitrogens with zero attached hydrogens (tertiary/aromatic N) is 2. The normalized spacial score (nSPS) is 18.1. The van der Waals surface area contributed by atoms with E-state index < -0.39 is 11.8 Å². The second kappa shape index (κ2) is 7.34. The molecule has 1 unspecified atom stereocenters. The van der Waals surface area contributed by atoms with Crippen LogP contribution >= 0.6 is 0 Å². The first-order valence-electron chi connectivity index (χ1n) is 6.38. The Morgan fingerprint density at radius 3 is 2.90 bits per heavy atom. The van der Waals surface area contributed by atoms with Gasteiger partial charge in [0, 0.05) is 25.5 Å². The highest BCUT2D eigenvalue weighted by Gasteiger charge is 2.18. The zero-order valence-corrected chi connectivity index (χ0v) is 10.9. The van der Waals surface area contributed by atoms with E-state index in [0.717, 1.165) is 18.4 Å². The molecule has 0 aromatic carbocycles. The van der Waals surface area contributed by atoms with Gasteiger partial charge < -0.3 is 10.1 Å². The fourth-order valence-corrected chi connectivity index (χ4v) is 1.76. The number of amides is 2. The van der Waals surface area contributed by atoms with Crippen LogP contribution in [0.2, 0.25) is 0 Å². The molecule has 7 nitrogen and oxygen atoms in total. The van der Waals surface area contributed by atoms with Gasteiger partial charge in [0.05, 0.1) is 12.3 Å². The van der Waals surface area contributed by atoms with Crippen LogP contribution in [-0.2, 0) is 14.3 Å². The van der Waals surface area contributed by atoms with E-state index in [9.17, 15) is 9.59 Å². The van der Waals surface area contributed by atoms with Gasteiger partial charge in [-0.25, -0.2) is 5.43 Å². The van der Waals surface area contributed by atoms with Crippen LogP contribution in [0.3, 0.4) is 0 Å². The minimum Gasteiger partial charge on any atom is -0.376 e. The van der Waals surface area contributed by atoms with Gasteiger partial charge in [-0.3, -0.25) is 14.6 Å². The molecule has 1 aliphatic rings. The van der Waals surface area contributed by atoms with E-state index >= 15 is 0 Å². The molecule has 1 atom stereocenters. The first kappa shape index (κ1) is 14.1. The van der Waals surface area contributed by atoms with Gasteiger partial charge in [-0.15, -0.1) is 0 Å². The van der Waals surface area contributed by atoms with Crippen molar-refractivity contribution in [1.82, 2.24) is 15.7 Å². The summed E-state index contributed by atoms with van der Waals surface area (Å²) < 4.78 is 5.34. The molecule has 1 aromatic heterocycles. The number of ether oxygens (including phenoxy) is 1. The minimum absolute atomic E-state index is 0.00655. The summed E-state index contributed by atoms with van der Waals surface area (Å²) in [7, 11) is 0. The molecule has 0 spiro atoms. The zero-order chi connectivity index (χ0) is 14.2. The van der Waals surface area contributed by atoms with Crippen molar-refractivity contribution in [2.45, 2.75) is 18.9 Å². The van der Waals surface area contributed by atoms with Crippen molar-refractivity contribution in [3.8, 4) is 0 Å². The lowest BCUT2D eigenvalue weighted by atomic mass is 10.2. The van der Waals surface area contributed by atoms with Crippen molar-refractivity contribution >= 4 is 18.0 Å². The Hall–Kier alpha value is -2.28. The van der Waals surface area contributed by atoms with Crippen molar-refractivity contribution in [3.05, 3.63) is 30.1 Å². The van der Waals surface area contributed by atoms with Crippen LogP contribution in [0, 0.1) is 0 Å². The summed E-state index contributed by atoms with van der Waals surface area (Å²) in [4.78, 5) is 26.8. The molecule has 7 heteroatoms. The molecule has 2 heterocycles. The van der Waals surface area contributed by atoms with Gasteiger partial charge in [0.2, 0.25) is 0 Å². The fourth-order valence-electron chi connectivity index (χ4n) is 1.76. The minimum atomic E-state index is -0.798. The van der Waals surface area contributed by atoms with Crippen molar-refractivity contribution in [2.75, 3.05) is 13.2 Å². The second-order valence-electron chi connectivity index (χ2n) is 4.32. The van der Waals surface area contributed by atoms with Crippen LogP contribution in [0.15, 0.2) is 29.6 Å². The average molecular weight is 276 g/mol. The highest BCUT2D eigenvalue weighted by atomic mass is 16.5. The molecule has 20 heavy (non-hydrogen) atoms. The van der Waals surface area contributed by atoms with E-state index in [1.54, 1.807) is 24.5 Å². The van der Waals surface area contributed by atoms with E-state index in [0.29, 0.717) is 13.2 Å². The Morgan fingerprint density at radius 2 is 2.20 bits per heavy atom. The quantitative estimate of drug-likeness (QED) is 0.453. The lowest BCUT2D eigenvalue weighted by Gasteiger charge is -2.09. The summed E-state index contributed by atoms with van der Waals surface area (Å²) in [6, 6.07) is 3.46. The maximum absolute atomic E-state index is 11.5. The molecule has 2 amide bonds. The number of carbonyl (C=O) groups excluding carboxylic acids is 2. The Bertz CT molecular complexity index is 484. The summed E-state index contributed by atoms with van der Waals surface area (Å²) in [5, 5.41) is 6.21.